The third-order valence-electron chi connectivity index (χ3n) is 3.78. The summed E-state index contributed by atoms with van der Waals surface area (Å²) in [5, 5.41) is 2.93. The van der Waals surface area contributed by atoms with E-state index in [1.54, 1.807) is 6.20 Å². The Labute approximate surface area is 117 Å². The summed E-state index contributed by atoms with van der Waals surface area (Å²) in [5.74, 6) is 1.62. The summed E-state index contributed by atoms with van der Waals surface area (Å²) < 4.78 is 0. The van der Waals surface area contributed by atoms with E-state index in [1.165, 1.54) is 0 Å². The van der Waals surface area contributed by atoms with Crippen LogP contribution in [0.1, 0.15) is 29.2 Å². The van der Waals surface area contributed by atoms with Gasteiger partial charge in [0.1, 0.15) is 11.6 Å². The molecule has 0 fully saturated rings. The molecule has 0 saturated heterocycles. The van der Waals surface area contributed by atoms with Gasteiger partial charge in [-0.1, -0.05) is 6.07 Å². The maximum Gasteiger partial charge on any atom is 0.229 e. The molecule has 104 valence electrons. The Hall–Kier alpha value is -2.17. The molecular weight excluding hydrogens is 252 g/mol. The van der Waals surface area contributed by atoms with Crippen molar-refractivity contribution in [3.63, 3.8) is 0 Å². The van der Waals surface area contributed by atoms with Crippen LogP contribution < -0.4 is 5.32 Å². The van der Waals surface area contributed by atoms with Crippen LogP contribution in [0.15, 0.2) is 18.3 Å². The van der Waals surface area contributed by atoms with Gasteiger partial charge in [-0.25, -0.2) is 9.97 Å². The van der Waals surface area contributed by atoms with E-state index in [0.29, 0.717) is 5.82 Å². The number of pyridine rings is 1. The highest BCUT2D eigenvalue weighted by atomic mass is 16.1. The monoisotopic (exact) mass is 270 g/mol. The predicted octanol–water partition coefficient (Wildman–Crippen LogP) is 2.17. The Morgan fingerprint density at radius 1 is 1.45 bits per heavy atom. The number of amides is 1. The van der Waals surface area contributed by atoms with Gasteiger partial charge in [0, 0.05) is 24.2 Å². The number of nitrogens with zero attached hydrogens (tertiary/aromatic N) is 2. The highest BCUT2D eigenvalue weighted by Crippen LogP contribution is 2.25. The van der Waals surface area contributed by atoms with E-state index < -0.39 is 0 Å². The number of aromatic nitrogens is 3. The van der Waals surface area contributed by atoms with Crippen molar-refractivity contribution in [1.29, 1.82) is 0 Å². The lowest BCUT2D eigenvalue weighted by Crippen LogP contribution is -2.28. The average Bonchev–Trinajstić information content (AvgIpc) is 2.80. The first-order chi connectivity index (χ1) is 9.63. The van der Waals surface area contributed by atoms with Crippen molar-refractivity contribution in [2.45, 2.75) is 33.1 Å². The summed E-state index contributed by atoms with van der Waals surface area (Å²) >= 11 is 0. The zero-order chi connectivity index (χ0) is 14.1. The molecule has 2 aromatic heterocycles. The normalized spacial score (nSPS) is 17.6. The van der Waals surface area contributed by atoms with E-state index in [9.17, 15) is 4.79 Å². The van der Waals surface area contributed by atoms with Crippen LogP contribution in [0.3, 0.4) is 0 Å². The number of carbonyl (C=O) groups excluding carboxylic acids is 1. The van der Waals surface area contributed by atoms with Crippen molar-refractivity contribution >= 4 is 11.7 Å². The molecule has 0 bridgehead atoms. The molecule has 0 saturated carbocycles. The van der Waals surface area contributed by atoms with Crippen molar-refractivity contribution in [1.82, 2.24) is 15.0 Å². The molecule has 20 heavy (non-hydrogen) atoms. The van der Waals surface area contributed by atoms with E-state index in [4.69, 9.17) is 0 Å². The van der Waals surface area contributed by atoms with Gasteiger partial charge in [0.2, 0.25) is 5.91 Å². The van der Waals surface area contributed by atoms with Crippen molar-refractivity contribution in [2.24, 2.45) is 5.92 Å². The first-order valence-corrected chi connectivity index (χ1v) is 6.90. The number of aromatic amines is 1. The second-order valence-corrected chi connectivity index (χ2v) is 5.35. The maximum atomic E-state index is 12.4. The highest BCUT2D eigenvalue weighted by molar-refractivity contribution is 5.92. The van der Waals surface area contributed by atoms with Gasteiger partial charge < -0.3 is 10.3 Å². The second kappa shape index (κ2) is 5.07. The Bertz CT molecular complexity index is 647. The van der Waals surface area contributed by atoms with Gasteiger partial charge in [0.25, 0.3) is 0 Å². The number of hydrogen-bond donors (Lipinski definition) is 2. The molecule has 1 amide bonds. The summed E-state index contributed by atoms with van der Waals surface area (Å²) in [4.78, 5) is 24.3. The lowest BCUT2D eigenvalue weighted by molar-refractivity contribution is -0.120. The molecule has 0 spiro atoms. The van der Waals surface area contributed by atoms with Crippen molar-refractivity contribution in [3.05, 3.63) is 41.1 Å². The van der Waals surface area contributed by atoms with Crippen molar-refractivity contribution in [3.8, 4) is 0 Å². The zero-order valence-corrected chi connectivity index (χ0v) is 11.7. The van der Waals surface area contributed by atoms with E-state index >= 15 is 0 Å². The Morgan fingerprint density at radius 2 is 2.30 bits per heavy atom. The predicted molar refractivity (Wildman–Crippen MR) is 76.4 cm³/mol. The van der Waals surface area contributed by atoms with Crippen LogP contribution >= 0.6 is 0 Å². The van der Waals surface area contributed by atoms with Crippen LogP contribution in [0.5, 0.6) is 0 Å². The average molecular weight is 270 g/mol. The van der Waals surface area contributed by atoms with Crippen LogP contribution in [0, 0.1) is 19.8 Å². The largest absolute Gasteiger partial charge is 0.346 e. The van der Waals surface area contributed by atoms with Gasteiger partial charge in [0.15, 0.2) is 0 Å². The maximum absolute atomic E-state index is 12.4. The molecule has 1 atom stereocenters. The number of carbonyl (C=O) groups is 1. The van der Waals surface area contributed by atoms with E-state index in [2.05, 4.69) is 20.3 Å². The Balaban J connectivity index is 1.72. The molecule has 2 aromatic rings. The number of fused-ring (bicyclic) bond motifs is 1. The molecule has 0 radical (unpaired) electrons. The number of H-pyrrole nitrogens is 1. The minimum absolute atomic E-state index is 0.0104. The lowest BCUT2D eigenvalue weighted by Gasteiger charge is -2.20. The van der Waals surface area contributed by atoms with Gasteiger partial charge in [-0.15, -0.1) is 0 Å². The van der Waals surface area contributed by atoms with Crippen LogP contribution in [0.2, 0.25) is 0 Å². The number of imidazole rings is 1. The smallest absolute Gasteiger partial charge is 0.229 e. The summed E-state index contributed by atoms with van der Waals surface area (Å²) in [5.41, 5.74) is 3.20. The molecule has 5 heteroatoms. The van der Waals surface area contributed by atoms with E-state index in [0.717, 1.165) is 42.0 Å². The number of hydrogen-bond acceptors (Lipinski definition) is 3. The van der Waals surface area contributed by atoms with Gasteiger partial charge in [-0.2, -0.15) is 0 Å². The fraction of sp³-hybridized carbons (Fsp3) is 0.400. The molecule has 0 aromatic carbocycles. The first kappa shape index (κ1) is 12.8. The quantitative estimate of drug-likeness (QED) is 0.878. The fourth-order valence-electron chi connectivity index (χ4n) is 2.68. The molecular formula is C15H18N4O. The topological polar surface area (TPSA) is 70.7 Å². The van der Waals surface area contributed by atoms with Gasteiger partial charge in [-0.05, 0) is 38.3 Å². The number of anilines is 1. The van der Waals surface area contributed by atoms with Crippen LogP contribution in [0.25, 0.3) is 0 Å². The molecule has 1 aliphatic carbocycles. The van der Waals surface area contributed by atoms with Gasteiger partial charge in [0.05, 0.1) is 5.69 Å². The van der Waals surface area contributed by atoms with Gasteiger partial charge >= 0.3 is 0 Å². The molecule has 2 heterocycles. The third-order valence-corrected chi connectivity index (χ3v) is 3.78. The third kappa shape index (κ3) is 2.43. The van der Waals surface area contributed by atoms with E-state index in [-0.39, 0.29) is 11.8 Å². The summed E-state index contributed by atoms with van der Waals surface area (Å²) in [7, 11) is 0. The number of aryl methyl sites for hydroxylation is 3. The minimum atomic E-state index is -0.0104. The SMILES string of the molecule is Cc1nc2c([nH]1)CC(C(=O)Nc1ncccc1C)CC2. The van der Waals surface area contributed by atoms with Crippen LogP contribution in [-0.4, -0.2) is 20.9 Å². The zero-order valence-electron chi connectivity index (χ0n) is 11.7. The summed E-state index contributed by atoms with van der Waals surface area (Å²) in [6.45, 7) is 3.89. The van der Waals surface area contributed by atoms with Crippen LogP contribution in [-0.2, 0) is 17.6 Å². The molecule has 0 aliphatic heterocycles. The van der Waals surface area contributed by atoms with Crippen molar-refractivity contribution in [2.75, 3.05) is 5.32 Å². The standard InChI is InChI=1S/C15H18N4O/c1-9-4-3-7-16-14(9)19-15(20)11-5-6-12-13(8-11)18-10(2)17-12/h3-4,7,11H,5-6,8H2,1-2H3,(H,17,18)(H,16,19,20). The van der Waals surface area contributed by atoms with Crippen LogP contribution in [0.4, 0.5) is 5.82 Å². The highest BCUT2D eigenvalue weighted by Gasteiger charge is 2.27. The van der Waals surface area contributed by atoms with E-state index in [1.807, 2.05) is 26.0 Å². The summed E-state index contributed by atoms with van der Waals surface area (Å²) in [6, 6.07) is 3.81. The lowest BCUT2D eigenvalue weighted by atomic mass is 9.89. The second-order valence-electron chi connectivity index (χ2n) is 5.35. The fourth-order valence-corrected chi connectivity index (χ4v) is 2.68. The molecule has 3 rings (SSSR count). The molecule has 1 aliphatic rings. The molecule has 1 unspecified atom stereocenters. The van der Waals surface area contributed by atoms with Gasteiger partial charge in [-0.3, -0.25) is 4.79 Å². The minimum Gasteiger partial charge on any atom is -0.346 e. The Morgan fingerprint density at radius 3 is 3.10 bits per heavy atom. The summed E-state index contributed by atoms with van der Waals surface area (Å²) in [6.07, 6.45) is 4.13. The number of rotatable bonds is 2. The first-order valence-electron chi connectivity index (χ1n) is 6.90. The molecule has 2 N–H and O–H groups in total. The number of nitrogens with one attached hydrogen (secondary N) is 2. The van der Waals surface area contributed by atoms with Crippen molar-refractivity contribution < 1.29 is 4.79 Å². The Kier molecular flexibility index (Phi) is 3.26. The molecule has 5 nitrogen and oxygen atoms in total.